The molecule has 1 aromatic heterocycles. The van der Waals surface area contributed by atoms with Crippen LogP contribution < -0.4 is 5.32 Å². The van der Waals surface area contributed by atoms with Gasteiger partial charge >= 0.3 is 0 Å². The Morgan fingerprint density at radius 2 is 1.97 bits per heavy atom. The second-order valence-electron chi connectivity index (χ2n) is 7.79. The number of likely N-dealkylation sites (tertiary alicyclic amines) is 1. The number of aliphatic imine (C=N–C) groups is 1. The van der Waals surface area contributed by atoms with Crippen molar-refractivity contribution >= 4 is 11.9 Å². The van der Waals surface area contributed by atoms with Gasteiger partial charge in [0, 0.05) is 52.5 Å². The molecule has 3 rings (SSSR count). The number of nitrogens with one attached hydrogen (secondary N) is 1. The topological polar surface area (TPSA) is 65.8 Å². The maximum absolute atomic E-state index is 12.6. The molecule has 0 unspecified atom stereocenters. The van der Waals surface area contributed by atoms with Crippen molar-refractivity contribution in [2.24, 2.45) is 18.0 Å². The Labute approximate surface area is 173 Å². The largest absolute Gasteiger partial charge is 0.347 e. The summed E-state index contributed by atoms with van der Waals surface area (Å²) in [6.07, 6.45) is 7.06. The third-order valence-corrected chi connectivity index (χ3v) is 5.48. The average Bonchev–Trinajstić information content (AvgIpc) is 3.14. The first-order valence-electron chi connectivity index (χ1n) is 10.3. The molecule has 29 heavy (non-hydrogen) atoms. The van der Waals surface area contributed by atoms with E-state index in [0.717, 1.165) is 37.9 Å². The maximum atomic E-state index is 12.6. The third-order valence-electron chi connectivity index (χ3n) is 5.48. The molecule has 1 N–H and O–H groups in total. The van der Waals surface area contributed by atoms with Crippen molar-refractivity contribution in [1.29, 1.82) is 0 Å². The van der Waals surface area contributed by atoms with Crippen molar-refractivity contribution in [3.8, 4) is 0 Å². The van der Waals surface area contributed by atoms with Crippen molar-refractivity contribution in [3.63, 3.8) is 0 Å². The highest BCUT2D eigenvalue weighted by Crippen LogP contribution is 2.21. The summed E-state index contributed by atoms with van der Waals surface area (Å²) >= 11 is 0. The van der Waals surface area contributed by atoms with Crippen molar-refractivity contribution in [3.05, 3.63) is 53.9 Å². The summed E-state index contributed by atoms with van der Waals surface area (Å²) in [6.45, 7) is 2.63. The van der Waals surface area contributed by atoms with Gasteiger partial charge in [0.1, 0.15) is 0 Å². The minimum Gasteiger partial charge on any atom is -0.347 e. The fraction of sp³-hybridized carbons (Fsp3) is 0.500. The van der Waals surface area contributed by atoms with Gasteiger partial charge in [0.15, 0.2) is 5.96 Å². The first-order chi connectivity index (χ1) is 14.0. The molecule has 7 heteroatoms. The molecule has 0 saturated carbocycles. The molecule has 1 amide bonds. The van der Waals surface area contributed by atoms with E-state index in [2.05, 4.69) is 45.7 Å². The summed E-state index contributed by atoms with van der Waals surface area (Å²) in [5.74, 6) is 1.51. The molecule has 1 aromatic carbocycles. The minimum atomic E-state index is 0.138. The van der Waals surface area contributed by atoms with Gasteiger partial charge in [0.25, 0.3) is 0 Å². The number of carbonyl (C=O) groups is 1. The standard InChI is InChI=1S/C22H32N6O/c1-23-22(26(2)16-20-14-25-27(3)17-20)24-15-21(29)28-11-9-19(10-12-28)13-18-7-5-4-6-8-18/h4-8,14,17,19H,9-13,15-16H2,1-3H3,(H,23,24). The lowest BCUT2D eigenvalue weighted by molar-refractivity contribution is -0.131. The molecule has 156 valence electrons. The van der Waals surface area contributed by atoms with Gasteiger partial charge in [0.05, 0.1) is 12.7 Å². The Bertz CT molecular complexity index is 808. The van der Waals surface area contributed by atoms with E-state index in [9.17, 15) is 4.79 Å². The number of piperidine rings is 1. The zero-order valence-electron chi connectivity index (χ0n) is 17.7. The molecule has 0 aliphatic carbocycles. The van der Waals surface area contributed by atoms with Gasteiger partial charge in [0.2, 0.25) is 5.91 Å². The Hall–Kier alpha value is -2.83. The molecule has 0 radical (unpaired) electrons. The van der Waals surface area contributed by atoms with Crippen LogP contribution in [0.2, 0.25) is 0 Å². The van der Waals surface area contributed by atoms with Crippen molar-refractivity contribution in [2.75, 3.05) is 33.7 Å². The zero-order valence-corrected chi connectivity index (χ0v) is 17.7. The number of aromatic nitrogens is 2. The summed E-state index contributed by atoms with van der Waals surface area (Å²) in [4.78, 5) is 20.9. The Kier molecular flexibility index (Phi) is 7.27. The molecule has 1 fully saturated rings. The predicted octanol–water partition coefficient (Wildman–Crippen LogP) is 1.91. The van der Waals surface area contributed by atoms with E-state index >= 15 is 0 Å². The predicted molar refractivity (Wildman–Crippen MR) is 115 cm³/mol. The van der Waals surface area contributed by atoms with E-state index < -0.39 is 0 Å². The van der Waals surface area contributed by atoms with Crippen LogP contribution in [0, 0.1) is 5.92 Å². The highest BCUT2D eigenvalue weighted by molar-refractivity contribution is 5.86. The normalized spacial score (nSPS) is 15.4. The quantitative estimate of drug-likeness (QED) is 0.598. The number of benzene rings is 1. The van der Waals surface area contributed by atoms with Gasteiger partial charge in [-0.05, 0) is 30.7 Å². The summed E-state index contributed by atoms with van der Waals surface area (Å²) in [6, 6.07) is 10.6. The second kappa shape index (κ2) is 10.1. The molecule has 0 spiro atoms. The zero-order chi connectivity index (χ0) is 20.6. The van der Waals surface area contributed by atoms with Crippen LogP contribution in [-0.4, -0.2) is 65.2 Å². The van der Waals surface area contributed by atoms with Crippen LogP contribution in [0.5, 0.6) is 0 Å². The van der Waals surface area contributed by atoms with E-state index in [1.807, 2.05) is 36.3 Å². The van der Waals surface area contributed by atoms with Crippen LogP contribution in [0.3, 0.4) is 0 Å². The number of hydrogen-bond donors (Lipinski definition) is 1. The molecule has 2 aromatic rings. The van der Waals surface area contributed by atoms with Crippen molar-refractivity contribution in [2.45, 2.75) is 25.8 Å². The Morgan fingerprint density at radius 3 is 2.59 bits per heavy atom. The molecule has 7 nitrogen and oxygen atoms in total. The molecule has 1 aliphatic rings. The summed E-state index contributed by atoms with van der Waals surface area (Å²) in [5, 5.41) is 7.39. The van der Waals surface area contributed by atoms with E-state index in [1.54, 1.807) is 11.7 Å². The smallest absolute Gasteiger partial charge is 0.241 e. The number of rotatable bonds is 6. The van der Waals surface area contributed by atoms with E-state index in [4.69, 9.17) is 0 Å². The van der Waals surface area contributed by atoms with Crippen LogP contribution in [0.4, 0.5) is 0 Å². The molecule has 1 aliphatic heterocycles. The number of nitrogens with zero attached hydrogens (tertiary/aromatic N) is 5. The number of hydrogen-bond acceptors (Lipinski definition) is 3. The van der Waals surface area contributed by atoms with Gasteiger partial charge in [-0.1, -0.05) is 30.3 Å². The van der Waals surface area contributed by atoms with E-state index in [-0.39, 0.29) is 12.5 Å². The van der Waals surface area contributed by atoms with Gasteiger partial charge in [-0.15, -0.1) is 0 Å². The van der Waals surface area contributed by atoms with Gasteiger partial charge < -0.3 is 15.1 Å². The Balaban J connectivity index is 1.41. The third kappa shape index (κ3) is 6.07. The fourth-order valence-electron chi connectivity index (χ4n) is 3.89. The summed E-state index contributed by atoms with van der Waals surface area (Å²) in [5.41, 5.74) is 2.49. The van der Waals surface area contributed by atoms with E-state index in [0.29, 0.717) is 18.4 Å². The highest BCUT2D eigenvalue weighted by Gasteiger charge is 2.23. The minimum absolute atomic E-state index is 0.138. The Morgan fingerprint density at radius 1 is 1.24 bits per heavy atom. The summed E-state index contributed by atoms with van der Waals surface area (Å²) < 4.78 is 1.78. The SMILES string of the molecule is CN=C(NCC(=O)N1CCC(Cc2ccccc2)CC1)N(C)Cc1cnn(C)c1. The van der Waals surface area contributed by atoms with Crippen LogP contribution in [0.1, 0.15) is 24.0 Å². The maximum Gasteiger partial charge on any atom is 0.241 e. The first-order valence-corrected chi connectivity index (χ1v) is 10.3. The van der Waals surface area contributed by atoms with Crippen molar-refractivity contribution < 1.29 is 4.79 Å². The molecular formula is C22H32N6O. The lowest BCUT2D eigenvalue weighted by Gasteiger charge is -2.32. The number of guanidine groups is 1. The number of carbonyl (C=O) groups excluding carboxylic acids is 1. The van der Waals surface area contributed by atoms with Crippen LogP contribution in [0.25, 0.3) is 0 Å². The summed E-state index contributed by atoms with van der Waals surface area (Å²) in [7, 11) is 5.60. The second-order valence-corrected chi connectivity index (χ2v) is 7.79. The lowest BCUT2D eigenvalue weighted by Crippen LogP contribution is -2.47. The molecule has 1 saturated heterocycles. The van der Waals surface area contributed by atoms with Gasteiger partial charge in [-0.2, -0.15) is 5.10 Å². The van der Waals surface area contributed by atoms with Crippen molar-refractivity contribution in [1.82, 2.24) is 24.9 Å². The van der Waals surface area contributed by atoms with Crippen LogP contribution in [0.15, 0.2) is 47.7 Å². The molecule has 0 atom stereocenters. The average molecular weight is 397 g/mol. The lowest BCUT2D eigenvalue weighted by atomic mass is 9.90. The highest BCUT2D eigenvalue weighted by atomic mass is 16.2. The molecular weight excluding hydrogens is 364 g/mol. The van der Waals surface area contributed by atoms with Gasteiger partial charge in [-0.25, -0.2) is 0 Å². The first kappa shape index (κ1) is 20.9. The molecule has 2 heterocycles. The van der Waals surface area contributed by atoms with Crippen LogP contribution in [-0.2, 0) is 24.8 Å². The fourth-order valence-corrected chi connectivity index (χ4v) is 3.89. The number of aryl methyl sites for hydroxylation is 1. The van der Waals surface area contributed by atoms with Gasteiger partial charge in [-0.3, -0.25) is 14.5 Å². The number of amides is 1. The molecule has 0 bridgehead atoms. The van der Waals surface area contributed by atoms with Crippen LogP contribution >= 0.6 is 0 Å². The monoisotopic (exact) mass is 396 g/mol. The van der Waals surface area contributed by atoms with E-state index in [1.165, 1.54) is 5.56 Å².